The predicted octanol–water partition coefficient (Wildman–Crippen LogP) is 0.562. The molecular formula is C8H17NO2S. The maximum Gasteiger partial charge on any atom is 0.151 e. The van der Waals surface area contributed by atoms with Crippen LogP contribution in [0, 0.1) is 0 Å². The van der Waals surface area contributed by atoms with Crippen molar-refractivity contribution in [3.8, 4) is 0 Å². The number of sulfone groups is 1. The Kier molecular flexibility index (Phi) is 3.12. The summed E-state index contributed by atoms with van der Waals surface area (Å²) in [5.41, 5.74) is 0. The largest absolute Gasteiger partial charge is 0.316 e. The Morgan fingerprint density at radius 2 is 1.83 bits per heavy atom. The standard InChI is InChI=1S/C8H17NO2S/c1-9-7-5-3-4-6-8(7)12(2,10)11/h7-9H,3-6H2,1-2H3/t7-,8+/m1/s1. The van der Waals surface area contributed by atoms with Gasteiger partial charge in [-0.25, -0.2) is 8.42 Å². The zero-order chi connectivity index (χ0) is 9.19. The van der Waals surface area contributed by atoms with Crippen molar-refractivity contribution >= 4 is 9.84 Å². The fraction of sp³-hybridized carbons (Fsp3) is 1.00. The van der Waals surface area contributed by atoms with Crippen LogP contribution in [-0.4, -0.2) is 33.0 Å². The van der Waals surface area contributed by atoms with Gasteiger partial charge in [-0.2, -0.15) is 0 Å². The topological polar surface area (TPSA) is 46.2 Å². The molecule has 3 nitrogen and oxygen atoms in total. The molecule has 1 rings (SSSR count). The van der Waals surface area contributed by atoms with Gasteiger partial charge in [0.1, 0.15) is 0 Å². The minimum absolute atomic E-state index is 0.156. The molecule has 1 saturated carbocycles. The third-order valence-electron chi connectivity index (χ3n) is 2.62. The lowest BCUT2D eigenvalue weighted by atomic mass is 9.95. The Balaban J connectivity index is 2.72. The van der Waals surface area contributed by atoms with Crippen molar-refractivity contribution in [2.24, 2.45) is 0 Å². The van der Waals surface area contributed by atoms with Gasteiger partial charge in [0.05, 0.1) is 5.25 Å². The zero-order valence-corrected chi connectivity index (χ0v) is 8.52. The summed E-state index contributed by atoms with van der Waals surface area (Å²) in [5, 5.41) is 2.93. The molecule has 0 bridgehead atoms. The minimum Gasteiger partial charge on any atom is -0.316 e. The molecule has 0 aromatic carbocycles. The van der Waals surface area contributed by atoms with Crippen LogP contribution < -0.4 is 5.32 Å². The van der Waals surface area contributed by atoms with Crippen LogP contribution >= 0.6 is 0 Å². The Bertz CT molecular complexity index is 235. The summed E-state index contributed by atoms with van der Waals surface area (Å²) in [5.74, 6) is 0. The second-order valence-electron chi connectivity index (χ2n) is 3.55. The van der Waals surface area contributed by atoms with E-state index >= 15 is 0 Å². The molecule has 1 N–H and O–H groups in total. The summed E-state index contributed by atoms with van der Waals surface area (Å²) in [6, 6.07) is 0.175. The van der Waals surface area contributed by atoms with Crippen molar-refractivity contribution in [1.29, 1.82) is 0 Å². The van der Waals surface area contributed by atoms with E-state index in [2.05, 4.69) is 5.32 Å². The van der Waals surface area contributed by atoms with Crippen molar-refractivity contribution in [3.05, 3.63) is 0 Å². The van der Waals surface area contributed by atoms with Crippen molar-refractivity contribution in [1.82, 2.24) is 5.32 Å². The van der Waals surface area contributed by atoms with Crippen molar-refractivity contribution < 1.29 is 8.42 Å². The van der Waals surface area contributed by atoms with Crippen molar-refractivity contribution in [2.75, 3.05) is 13.3 Å². The summed E-state index contributed by atoms with van der Waals surface area (Å²) >= 11 is 0. The van der Waals surface area contributed by atoms with Crippen LogP contribution in [0.15, 0.2) is 0 Å². The minimum atomic E-state index is -2.85. The van der Waals surface area contributed by atoms with Gasteiger partial charge < -0.3 is 5.32 Å². The molecule has 1 aliphatic rings. The first-order chi connectivity index (χ1) is 5.55. The second kappa shape index (κ2) is 3.75. The Morgan fingerprint density at radius 3 is 2.25 bits per heavy atom. The van der Waals surface area contributed by atoms with Gasteiger partial charge in [-0.3, -0.25) is 0 Å². The second-order valence-corrected chi connectivity index (χ2v) is 5.81. The van der Waals surface area contributed by atoms with Gasteiger partial charge in [0.2, 0.25) is 0 Å². The quantitative estimate of drug-likeness (QED) is 0.694. The molecule has 0 heterocycles. The van der Waals surface area contributed by atoms with E-state index in [-0.39, 0.29) is 11.3 Å². The SMILES string of the molecule is CN[C@@H]1CCCC[C@@H]1S(C)(=O)=O. The van der Waals surface area contributed by atoms with Crippen LogP contribution in [0.2, 0.25) is 0 Å². The normalized spacial score (nSPS) is 31.8. The molecule has 1 aliphatic carbocycles. The van der Waals surface area contributed by atoms with E-state index in [4.69, 9.17) is 0 Å². The zero-order valence-electron chi connectivity index (χ0n) is 7.71. The molecule has 0 aromatic rings. The smallest absolute Gasteiger partial charge is 0.151 e. The summed E-state index contributed by atoms with van der Waals surface area (Å²) in [4.78, 5) is 0. The molecule has 72 valence electrons. The van der Waals surface area contributed by atoms with Crippen molar-refractivity contribution in [2.45, 2.75) is 37.0 Å². The van der Waals surface area contributed by atoms with E-state index in [0.29, 0.717) is 0 Å². The molecule has 0 amide bonds. The van der Waals surface area contributed by atoms with E-state index in [0.717, 1.165) is 25.7 Å². The highest BCUT2D eigenvalue weighted by molar-refractivity contribution is 7.91. The van der Waals surface area contributed by atoms with Gasteiger partial charge in [-0.05, 0) is 19.9 Å². The highest BCUT2D eigenvalue weighted by Crippen LogP contribution is 2.23. The van der Waals surface area contributed by atoms with Gasteiger partial charge in [0, 0.05) is 12.3 Å². The van der Waals surface area contributed by atoms with Crippen LogP contribution in [0.4, 0.5) is 0 Å². The average Bonchev–Trinajstić information content (AvgIpc) is 2.03. The van der Waals surface area contributed by atoms with Gasteiger partial charge in [0.15, 0.2) is 9.84 Å². The summed E-state index contributed by atoms with van der Waals surface area (Å²) in [6.07, 6.45) is 5.36. The van der Waals surface area contributed by atoms with E-state index in [1.165, 1.54) is 6.26 Å². The Labute approximate surface area is 74.5 Å². The predicted molar refractivity (Wildman–Crippen MR) is 49.9 cm³/mol. The number of nitrogens with one attached hydrogen (secondary N) is 1. The highest BCUT2D eigenvalue weighted by atomic mass is 32.2. The molecule has 12 heavy (non-hydrogen) atoms. The molecule has 0 aromatic heterocycles. The van der Waals surface area contributed by atoms with Gasteiger partial charge in [-0.15, -0.1) is 0 Å². The molecule has 2 atom stereocenters. The monoisotopic (exact) mass is 191 g/mol. The maximum absolute atomic E-state index is 11.3. The third-order valence-corrected chi connectivity index (χ3v) is 4.29. The average molecular weight is 191 g/mol. The van der Waals surface area contributed by atoms with Gasteiger partial charge in [0.25, 0.3) is 0 Å². The van der Waals surface area contributed by atoms with Gasteiger partial charge in [-0.1, -0.05) is 12.8 Å². The van der Waals surface area contributed by atoms with Crippen LogP contribution in [0.5, 0.6) is 0 Å². The molecule has 0 saturated heterocycles. The lowest BCUT2D eigenvalue weighted by molar-refractivity contribution is 0.391. The summed E-state index contributed by atoms with van der Waals surface area (Å²) < 4.78 is 22.6. The van der Waals surface area contributed by atoms with Crippen LogP contribution in [-0.2, 0) is 9.84 Å². The first-order valence-electron chi connectivity index (χ1n) is 4.42. The Hall–Kier alpha value is -0.0900. The van der Waals surface area contributed by atoms with Crippen LogP contribution in [0.25, 0.3) is 0 Å². The third kappa shape index (κ3) is 2.20. The first-order valence-corrected chi connectivity index (χ1v) is 6.37. The number of rotatable bonds is 2. The highest BCUT2D eigenvalue weighted by Gasteiger charge is 2.31. The maximum atomic E-state index is 11.3. The fourth-order valence-corrected chi connectivity index (χ4v) is 3.40. The Morgan fingerprint density at radius 1 is 1.25 bits per heavy atom. The number of hydrogen-bond donors (Lipinski definition) is 1. The lowest BCUT2D eigenvalue weighted by Crippen LogP contribution is -2.44. The first kappa shape index (κ1) is 9.99. The lowest BCUT2D eigenvalue weighted by Gasteiger charge is -2.29. The van der Waals surface area contributed by atoms with Crippen molar-refractivity contribution in [3.63, 3.8) is 0 Å². The molecular weight excluding hydrogens is 174 g/mol. The molecule has 4 heteroatoms. The molecule has 0 aliphatic heterocycles. The van der Waals surface area contributed by atoms with E-state index in [9.17, 15) is 8.42 Å². The summed E-state index contributed by atoms with van der Waals surface area (Å²) in [7, 11) is -1.01. The van der Waals surface area contributed by atoms with E-state index < -0.39 is 9.84 Å². The number of hydrogen-bond acceptors (Lipinski definition) is 3. The van der Waals surface area contributed by atoms with Crippen LogP contribution in [0.1, 0.15) is 25.7 Å². The van der Waals surface area contributed by atoms with Crippen LogP contribution in [0.3, 0.4) is 0 Å². The molecule has 0 spiro atoms. The molecule has 1 fully saturated rings. The summed E-state index contributed by atoms with van der Waals surface area (Å²) in [6.45, 7) is 0. The fourth-order valence-electron chi connectivity index (χ4n) is 1.94. The van der Waals surface area contributed by atoms with E-state index in [1.807, 2.05) is 7.05 Å². The van der Waals surface area contributed by atoms with Gasteiger partial charge >= 0.3 is 0 Å². The molecule has 0 radical (unpaired) electrons. The molecule has 0 unspecified atom stereocenters. The van der Waals surface area contributed by atoms with E-state index in [1.54, 1.807) is 0 Å².